The Morgan fingerprint density at radius 2 is 1.63 bits per heavy atom. The van der Waals surface area contributed by atoms with Gasteiger partial charge in [-0.1, -0.05) is 54.6 Å². The molecule has 5 rings (SSSR count). The topological polar surface area (TPSA) is 51.2 Å². The molecule has 146 valence electrons. The van der Waals surface area contributed by atoms with Gasteiger partial charge in [0.2, 0.25) is 0 Å². The first kappa shape index (κ1) is 18.3. The molecular weight excluding hydrogens is 392 g/mol. The van der Waals surface area contributed by atoms with Gasteiger partial charge in [0, 0.05) is 5.56 Å². The van der Waals surface area contributed by atoms with Gasteiger partial charge in [0.1, 0.15) is 10.8 Å². The van der Waals surface area contributed by atoms with E-state index in [2.05, 4.69) is 11.4 Å². The average molecular weight is 410 g/mol. The highest BCUT2D eigenvalue weighted by Crippen LogP contribution is 2.34. The number of fused-ring (bicyclic) bond motifs is 2. The standard InChI is InChI=1S/C25H18N2O2S/c28-24(16-29-19-14-13-17-7-1-2-8-18(17)15-19)26-21-10-4-3-9-20(21)25-27-22-11-5-6-12-23(22)30-25/h1-15H,16H2,(H,26,28). The lowest BCUT2D eigenvalue weighted by molar-refractivity contribution is -0.118. The molecular formula is C25H18N2O2S. The maximum absolute atomic E-state index is 12.6. The summed E-state index contributed by atoms with van der Waals surface area (Å²) in [6, 6.07) is 29.6. The first-order valence-corrected chi connectivity index (χ1v) is 10.4. The number of carbonyl (C=O) groups is 1. The quantitative estimate of drug-likeness (QED) is 0.379. The van der Waals surface area contributed by atoms with Crippen LogP contribution in [-0.4, -0.2) is 17.5 Å². The summed E-state index contributed by atoms with van der Waals surface area (Å²) in [4.78, 5) is 17.3. The van der Waals surface area contributed by atoms with Crippen molar-refractivity contribution in [3.05, 3.63) is 91.0 Å². The number of nitrogens with one attached hydrogen (secondary N) is 1. The highest BCUT2D eigenvalue weighted by atomic mass is 32.1. The molecule has 5 heteroatoms. The first-order valence-electron chi connectivity index (χ1n) is 9.63. The molecule has 30 heavy (non-hydrogen) atoms. The zero-order valence-electron chi connectivity index (χ0n) is 16.0. The lowest BCUT2D eigenvalue weighted by Crippen LogP contribution is -2.20. The van der Waals surface area contributed by atoms with E-state index >= 15 is 0 Å². The van der Waals surface area contributed by atoms with Crippen molar-refractivity contribution in [2.45, 2.75) is 0 Å². The van der Waals surface area contributed by atoms with Crippen LogP contribution < -0.4 is 10.1 Å². The van der Waals surface area contributed by atoms with Crippen molar-refractivity contribution in [2.24, 2.45) is 0 Å². The van der Waals surface area contributed by atoms with Gasteiger partial charge in [-0.05, 0) is 47.2 Å². The molecule has 0 saturated heterocycles. The maximum Gasteiger partial charge on any atom is 0.262 e. The molecule has 0 spiro atoms. The van der Waals surface area contributed by atoms with Gasteiger partial charge in [0.25, 0.3) is 5.91 Å². The lowest BCUT2D eigenvalue weighted by atomic mass is 10.1. The van der Waals surface area contributed by atoms with Gasteiger partial charge in [-0.2, -0.15) is 0 Å². The molecule has 0 radical (unpaired) electrons. The number of thiazole rings is 1. The molecule has 0 atom stereocenters. The zero-order chi connectivity index (χ0) is 20.3. The molecule has 0 aliphatic carbocycles. The van der Waals surface area contributed by atoms with E-state index in [1.165, 1.54) is 0 Å². The fraction of sp³-hybridized carbons (Fsp3) is 0.0400. The van der Waals surface area contributed by atoms with Crippen LogP contribution in [0.1, 0.15) is 0 Å². The van der Waals surface area contributed by atoms with Crippen LogP contribution in [0.2, 0.25) is 0 Å². The maximum atomic E-state index is 12.6. The number of amides is 1. The summed E-state index contributed by atoms with van der Waals surface area (Å²) >= 11 is 1.61. The first-order chi connectivity index (χ1) is 14.8. The minimum absolute atomic E-state index is 0.0630. The zero-order valence-corrected chi connectivity index (χ0v) is 16.9. The van der Waals surface area contributed by atoms with Crippen molar-refractivity contribution in [3.63, 3.8) is 0 Å². The van der Waals surface area contributed by atoms with Crippen LogP contribution in [0.3, 0.4) is 0 Å². The van der Waals surface area contributed by atoms with Gasteiger partial charge in [-0.3, -0.25) is 4.79 Å². The Morgan fingerprint density at radius 1 is 0.867 bits per heavy atom. The molecule has 0 bridgehead atoms. The molecule has 0 aliphatic rings. The molecule has 0 saturated carbocycles. The molecule has 4 nitrogen and oxygen atoms in total. The van der Waals surface area contributed by atoms with E-state index < -0.39 is 0 Å². The molecule has 0 fully saturated rings. The fourth-order valence-corrected chi connectivity index (χ4v) is 4.36. The van der Waals surface area contributed by atoms with Crippen LogP contribution in [-0.2, 0) is 4.79 Å². The molecule has 1 amide bonds. The van der Waals surface area contributed by atoms with E-state index in [0.29, 0.717) is 5.75 Å². The minimum atomic E-state index is -0.211. The van der Waals surface area contributed by atoms with E-state index in [1.54, 1.807) is 11.3 Å². The Balaban J connectivity index is 1.32. The van der Waals surface area contributed by atoms with Crippen LogP contribution in [0.15, 0.2) is 91.0 Å². The second-order valence-electron chi connectivity index (χ2n) is 6.88. The van der Waals surface area contributed by atoms with Gasteiger partial charge in [-0.15, -0.1) is 11.3 Å². The molecule has 1 aromatic heterocycles. The number of rotatable bonds is 5. The molecule has 0 aliphatic heterocycles. The van der Waals surface area contributed by atoms with E-state index in [9.17, 15) is 4.79 Å². The summed E-state index contributed by atoms with van der Waals surface area (Å²) in [7, 11) is 0. The summed E-state index contributed by atoms with van der Waals surface area (Å²) in [5.74, 6) is 0.458. The van der Waals surface area contributed by atoms with Crippen molar-refractivity contribution in [3.8, 4) is 16.3 Å². The summed E-state index contributed by atoms with van der Waals surface area (Å²) in [5.41, 5.74) is 2.58. The SMILES string of the molecule is O=C(COc1ccc2ccccc2c1)Nc1ccccc1-c1nc2ccccc2s1. The highest BCUT2D eigenvalue weighted by molar-refractivity contribution is 7.21. The fourth-order valence-electron chi connectivity index (χ4n) is 3.36. The number of aromatic nitrogens is 1. The normalized spacial score (nSPS) is 10.9. The van der Waals surface area contributed by atoms with Crippen LogP contribution in [0, 0.1) is 0 Å². The third-order valence-electron chi connectivity index (χ3n) is 4.82. The Labute approximate surface area is 177 Å². The number of carbonyl (C=O) groups excluding carboxylic acids is 1. The predicted molar refractivity (Wildman–Crippen MR) is 123 cm³/mol. The smallest absolute Gasteiger partial charge is 0.262 e. The molecule has 5 aromatic rings. The predicted octanol–water partition coefficient (Wildman–Crippen LogP) is 6.13. The Bertz CT molecular complexity index is 1330. The van der Waals surface area contributed by atoms with E-state index in [4.69, 9.17) is 9.72 Å². The Kier molecular flexibility index (Phi) is 4.87. The number of hydrogen-bond acceptors (Lipinski definition) is 4. The molecule has 1 N–H and O–H groups in total. The Morgan fingerprint density at radius 3 is 2.53 bits per heavy atom. The van der Waals surface area contributed by atoms with Crippen LogP contribution in [0.25, 0.3) is 31.6 Å². The monoisotopic (exact) mass is 410 g/mol. The summed E-state index contributed by atoms with van der Waals surface area (Å²) in [6.07, 6.45) is 0. The van der Waals surface area contributed by atoms with Gasteiger partial charge in [0.05, 0.1) is 15.9 Å². The van der Waals surface area contributed by atoms with Crippen LogP contribution >= 0.6 is 11.3 Å². The number of para-hydroxylation sites is 2. The van der Waals surface area contributed by atoms with Crippen molar-refractivity contribution >= 4 is 43.9 Å². The summed E-state index contributed by atoms with van der Waals surface area (Å²) in [5, 5.41) is 6.06. The number of ether oxygens (including phenoxy) is 1. The lowest BCUT2D eigenvalue weighted by Gasteiger charge is -2.11. The number of anilines is 1. The van der Waals surface area contributed by atoms with Gasteiger partial charge in [-0.25, -0.2) is 4.98 Å². The molecule has 1 heterocycles. The van der Waals surface area contributed by atoms with E-state index in [0.717, 1.165) is 37.2 Å². The minimum Gasteiger partial charge on any atom is -0.484 e. The summed E-state index contributed by atoms with van der Waals surface area (Å²) in [6.45, 7) is -0.0630. The van der Waals surface area contributed by atoms with Crippen molar-refractivity contribution in [2.75, 3.05) is 11.9 Å². The van der Waals surface area contributed by atoms with E-state index in [1.807, 2.05) is 84.9 Å². The van der Waals surface area contributed by atoms with E-state index in [-0.39, 0.29) is 12.5 Å². The summed E-state index contributed by atoms with van der Waals surface area (Å²) < 4.78 is 6.84. The number of hydrogen-bond donors (Lipinski definition) is 1. The third kappa shape index (κ3) is 3.75. The van der Waals surface area contributed by atoms with Crippen molar-refractivity contribution in [1.29, 1.82) is 0 Å². The number of benzene rings is 4. The van der Waals surface area contributed by atoms with Gasteiger partial charge in [0.15, 0.2) is 6.61 Å². The van der Waals surface area contributed by atoms with Crippen molar-refractivity contribution in [1.82, 2.24) is 4.98 Å². The van der Waals surface area contributed by atoms with Crippen LogP contribution in [0.4, 0.5) is 5.69 Å². The highest BCUT2D eigenvalue weighted by Gasteiger charge is 2.13. The van der Waals surface area contributed by atoms with Crippen LogP contribution in [0.5, 0.6) is 5.75 Å². The number of nitrogens with zero attached hydrogens (tertiary/aromatic N) is 1. The van der Waals surface area contributed by atoms with Gasteiger partial charge >= 0.3 is 0 Å². The third-order valence-corrected chi connectivity index (χ3v) is 5.89. The van der Waals surface area contributed by atoms with Crippen molar-refractivity contribution < 1.29 is 9.53 Å². The average Bonchev–Trinajstić information content (AvgIpc) is 3.22. The second kappa shape index (κ2) is 7.97. The molecule has 4 aromatic carbocycles. The van der Waals surface area contributed by atoms with Gasteiger partial charge < -0.3 is 10.1 Å². The molecule has 0 unspecified atom stereocenters. The second-order valence-corrected chi connectivity index (χ2v) is 7.91. The Hall–Kier alpha value is -3.70. The largest absolute Gasteiger partial charge is 0.484 e.